The molecule has 2 aromatic rings. The summed E-state index contributed by atoms with van der Waals surface area (Å²) in [5.74, 6) is 1.66. The molecular weight excluding hydrogens is 226 g/mol. The Hall–Kier alpha value is -2.47. The first-order valence-corrected chi connectivity index (χ1v) is 5.61. The van der Waals surface area contributed by atoms with Gasteiger partial charge in [0.05, 0.1) is 11.6 Å². The van der Waals surface area contributed by atoms with E-state index in [0.717, 1.165) is 11.1 Å². The Bertz CT molecular complexity index is 640. The fourth-order valence-electron chi connectivity index (χ4n) is 1.89. The summed E-state index contributed by atoms with van der Waals surface area (Å²) in [5, 5.41) is 13.9. The molecule has 3 heteroatoms. The number of hydrogen-bond acceptors (Lipinski definition) is 2. The maximum atomic E-state index is 11.2. The highest BCUT2D eigenvalue weighted by Crippen LogP contribution is 2.27. The summed E-state index contributed by atoms with van der Waals surface area (Å²) in [5.41, 5.74) is 1.14. The zero-order valence-corrected chi connectivity index (χ0v) is 9.97. The quantitative estimate of drug-likeness (QED) is 0.809. The van der Waals surface area contributed by atoms with Crippen molar-refractivity contribution in [3.8, 4) is 12.3 Å². The molecular formula is C15H13NO2. The van der Waals surface area contributed by atoms with Crippen molar-refractivity contribution < 1.29 is 9.90 Å². The predicted octanol–water partition coefficient (Wildman–Crippen LogP) is 2.97. The average molecular weight is 239 g/mol. The van der Waals surface area contributed by atoms with Crippen molar-refractivity contribution in [1.29, 1.82) is 0 Å². The van der Waals surface area contributed by atoms with Crippen molar-refractivity contribution in [3.63, 3.8) is 0 Å². The lowest BCUT2D eigenvalue weighted by Crippen LogP contribution is -2.12. The fourth-order valence-corrected chi connectivity index (χ4v) is 1.89. The lowest BCUT2D eigenvalue weighted by molar-refractivity contribution is 0.0699. The van der Waals surface area contributed by atoms with E-state index in [2.05, 4.69) is 11.2 Å². The number of nitrogens with one attached hydrogen (secondary N) is 1. The Balaban J connectivity index is 2.61. The van der Waals surface area contributed by atoms with Gasteiger partial charge in [-0.15, -0.1) is 6.42 Å². The number of aromatic carboxylic acids is 1. The molecule has 0 radical (unpaired) electrons. The monoisotopic (exact) mass is 239 g/mol. The number of carboxylic acids is 1. The third-order valence-electron chi connectivity index (χ3n) is 2.78. The normalized spacial score (nSPS) is 11.8. The van der Waals surface area contributed by atoms with E-state index in [9.17, 15) is 4.79 Å². The van der Waals surface area contributed by atoms with Gasteiger partial charge in [0.2, 0.25) is 0 Å². The number of benzene rings is 2. The van der Waals surface area contributed by atoms with E-state index in [4.69, 9.17) is 11.5 Å². The first-order valence-electron chi connectivity index (χ1n) is 5.61. The van der Waals surface area contributed by atoms with Crippen molar-refractivity contribution in [2.75, 3.05) is 5.32 Å². The lowest BCUT2D eigenvalue weighted by atomic mass is 10.0. The topological polar surface area (TPSA) is 49.3 Å². The maximum absolute atomic E-state index is 11.2. The zero-order chi connectivity index (χ0) is 13.1. The first-order chi connectivity index (χ1) is 8.63. The Kier molecular flexibility index (Phi) is 3.20. The molecule has 1 unspecified atom stereocenters. The first kappa shape index (κ1) is 12.0. The number of hydrogen-bond donors (Lipinski definition) is 2. The van der Waals surface area contributed by atoms with Gasteiger partial charge in [0.15, 0.2) is 0 Å². The van der Waals surface area contributed by atoms with Crippen LogP contribution in [0.15, 0.2) is 36.4 Å². The second kappa shape index (κ2) is 4.80. The van der Waals surface area contributed by atoms with Gasteiger partial charge in [0.1, 0.15) is 0 Å². The number of anilines is 1. The molecule has 0 aliphatic carbocycles. The molecule has 0 spiro atoms. The summed E-state index contributed by atoms with van der Waals surface area (Å²) in [6, 6.07) is 10.6. The smallest absolute Gasteiger partial charge is 0.336 e. The highest BCUT2D eigenvalue weighted by molar-refractivity contribution is 6.07. The fraction of sp³-hybridized carbons (Fsp3) is 0.133. The highest BCUT2D eigenvalue weighted by Gasteiger charge is 2.11. The summed E-state index contributed by atoms with van der Waals surface area (Å²) in [6.45, 7) is 1.87. The van der Waals surface area contributed by atoms with Gasteiger partial charge in [-0.1, -0.05) is 30.2 Å². The molecule has 0 fully saturated rings. The minimum atomic E-state index is -0.928. The highest BCUT2D eigenvalue weighted by atomic mass is 16.4. The van der Waals surface area contributed by atoms with Gasteiger partial charge in [-0.2, -0.15) is 0 Å². The molecule has 90 valence electrons. The van der Waals surface area contributed by atoms with Crippen LogP contribution in [0.2, 0.25) is 0 Å². The lowest BCUT2D eigenvalue weighted by Gasteiger charge is -2.13. The Morgan fingerprint density at radius 3 is 2.56 bits per heavy atom. The SMILES string of the molecule is C#CC(C)Nc1ccc(C(=O)O)c2ccccc12. The second-order valence-electron chi connectivity index (χ2n) is 4.04. The summed E-state index contributed by atoms with van der Waals surface area (Å²) in [4.78, 5) is 11.2. The van der Waals surface area contributed by atoms with Crippen LogP contribution < -0.4 is 5.32 Å². The van der Waals surface area contributed by atoms with Crippen LogP contribution >= 0.6 is 0 Å². The maximum Gasteiger partial charge on any atom is 0.336 e. The van der Waals surface area contributed by atoms with Gasteiger partial charge in [-0.3, -0.25) is 0 Å². The average Bonchev–Trinajstić information content (AvgIpc) is 2.38. The van der Waals surface area contributed by atoms with Crippen LogP contribution in [0.4, 0.5) is 5.69 Å². The molecule has 0 aliphatic rings. The molecule has 3 nitrogen and oxygen atoms in total. The minimum absolute atomic E-state index is 0.107. The van der Waals surface area contributed by atoms with E-state index in [1.807, 2.05) is 25.1 Å². The predicted molar refractivity (Wildman–Crippen MR) is 72.8 cm³/mol. The summed E-state index contributed by atoms with van der Waals surface area (Å²) in [7, 11) is 0. The van der Waals surface area contributed by atoms with Crippen LogP contribution in [0, 0.1) is 12.3 Å². The van der Waals surface area contributed by atoms with Crippen molar-refractivity contribution >= 4 is 22.4 Å². The van der Waals surface area contributed by atoms with Crippen molar-refractivity contribution in [3.05, 3.63) is 42.0 Å². The molecule has 2 N–H and O–H groups in total. The Labute approximate surface area is 105 Å². The van der Waals surface area contributed by atoms with E-state index in [1.54, 1.807) is 18.2 Å². The molecule has 1 atom stereocenters. The number of terminal acetylenes is 1. The third kappa shape index (κ3) is 2.14. The van der Waals surface area contributed by atoms with E-state index in [0.29, 0.717) is 10.9 Å². The number of fused-ring (bicyclic) bond motifs is 1. The number of carbonyl (C=O) groups is 1. The van der Waals surface area contributed by atoms with Crippen LogP contribution in [0.3, 0.4) is 0 Å². The number of rotatable bonds is 3. The van der Waals surface area contributed by atoms with Crippen molar-refractivity contribution in [1.82, 2.24) is 0 Å². The van der Waals surface area contributed by atoms with Gasteiger partial charge in [-0.05, 0) is 24.4 Å². The van der Waals surface area contributed by atoms with Crippen molar-refractivity contribution in [2.24, 2.45) is 0 Å². The molecule has 0 heterocycles. The van der Waals surface area contributed by atoms with Gasteiger partial charge < -0.3 is 10.4 Å². The van der Waals surface area contributed by atoms with Crippen LogP contribution in [-0.4, -0.2) is 17.1 Å². The van der Waals surface area contributed by atoms with E-state index >= 15 is 0 Å². The van der Waals surface area contributed by atoms with Crippen LogP contribution in [0.1, 0.15) is 17.3 Å². The molecule has 0 saturated heterocycles. The van der Waals surface area contributed by atoms with Crippen LogP contribution in [-0.2, 0) is 0 Å². The molecule has 2 aromatic carbocycles. The zero-order valence-electron chi connectivity index (χ0n) is 9.97. The van der Waals surface area contributed by atoms with Gasteiger partial charge >= 0.3 is 5.97 Å². The third-order valence-corrected chi connectivity index (χ3v) is 2.78. The van der Waals surface area contributed by atoms with Gasteiger partial charge in [0, 0.05) is 11.1 Å². The standard InChI is InChI=1S/C15H13NO2/c1-3-10(2)16-14-9-8-13(15(17)18)11-6-4-5-7-12(11)14/h1,4-10,16H,2H3,(H,17,18). The molecule has 0 aliphatic heterocycles. The van der Waals surface area contributed by atoms with E-state index in [1.165, 1.54) is 0 Å². The van der Waals surface area contributed by atoms with Crippen LogP contribution in [0.5, 0.6) is 0 Å². The Morgan fingerprint density at radius 1 is 1.28 bits per heavy atom. The molecule has 18 heavy (non-hydrogen) atoms. The second-order valence-corrected chi connectivity index (χ2v) is 4.04. The number of carboxylic acid groups (broad SMARTS) is 1. The molecule has 0 amide bonds. The van der Waals surface area contributed by atoms with Crippen molar-refractivity contribution in [2.45, 2.75) is 13.0 Å². The largest absolute Gasteiger partial charge is 0.478 e. The summed E-state index contributed by atoms with van der Waals surface area (Å²) >= 11 is 0. The summed E-state index contributed by atoms with van der Waals surface area (Å²) in [6.07, 6.45) is 5.34. The Morgan fingerprint density at radius 2 is 1.94 bits per heavy atom. The van der Waals surface area contributed by atoms with Gasteiger partial charge in [0.25, 0.3) is 0 Å². The minimum Gasteiger partial charge on any atom is -0.478 e. The summed E-state index contributed by atoms with van der Waals surface area (Å²) < 4.78 is 0. The van der Waals surface area contributed by atoms with E-state index in [-0.39, 0.29) is 6.04 Å². The van der Waals surface area contributed by atoms with E-state index < -0.39 is 5.97 Å². The van der Waals surface area contributed by atoms with Crippen LogP contribution in [0.25, 0.3) is 10.8 Å². The molecule has 2 rings (SSSR count). The molecule has 0 bridgehead atoms. The molecule has 0 aromatic heterocycles. The van der Waals surface area contributed by atoms with Gasteiger partial charge in [-0.25, -0.2) is 4.79 Å². The molecule has 0 saturated carbocycles.